The second kappa shape index (κ2) is 13.3. The molecule has 1 amide bonds. The van der Waals surface area contributed by atoms with Gasteiger partial charge in [-0.25, -0.2) is 13.2 Å². The number of halogens is 6. The van der Waals surface area contributed by atoms with Gasteiger partial charge in [0.15, 0.2) is 0 Å². The fraction of sp³-hybridized carbons (Fsp3) is 0.455. The zero-order chi connectivity index (χ0) is 35.3. The van der Waals surface area contributed by atoms with E-state index in [0.717, 1.165) is 67.0 Å². The second-order valence-electron chi connectivity index (χ2n) is 12.8. The lowest BCUT2D eigenvalue weighted by atomic mass is 9.91. The average Bonchev–Trinajstić information content (AvgIpc) is 3.61. The summed E-state index contributed by atoms with van der Waals surface area (Å²) in [5, 5.41) is 0.758. The molecule has 1 unspecified atom stereocenters. The van der Waals surface area contributed by atoms with Crippen molar-refractivity contribution in [2.75, 3.05) is 13.1 Å². The van der Waals surface area contributed by atoms with E-state index in [9.17, 15) is 31.2 Å². The van der Waals surface area contributed by atoms with Crippen molar-refractivity contribution in [2.24, 2.45) is 17.6 Å². The molecule has 2 aliphatic carbocycles. The molecule has 6 rings (SSSR count). The molecule has 3 aromatic rings. The lowest BCUT2D eigenvalue weighted by Gasteiger charge is -2.41. The molecule has 264 valence electrons. The molecule has 3 aliphatic rings. The van der Waals surface area contributed by atoms with Crippen LogP contribution in [0.15, 0.2) is 65.6 Å². The Hall–Kier alpha value is -3.53. The van der Waals surface area contributed by atoms with Gasteiger partial charge in [-0.3, -0.25) is 4.79 Å². The van der Waals surface area contributed by atoms with Crippen molar-refractivity contribution in [3.05, 3.63) is 71.2 Å². The second-order valence-corrected chi connectivity index (χ2v) is 15.0. The van der Waals surface area contributed by atoms with Crippen molar-refractivity contribution in [2.45, 2.75) is 73.7 Å². The van der Waals surface area contributed by atoms with Crippen molar-refractivity contribution in [3.8, 4) is 5.75 Å². The first-order valence-corrected chi connectivity index (χ1v) is 17.6. The van der Waals surface area contributed by atoms with Crippen LogP contribution in [0.4, 0.5) is 22.0 Å². The van der Waals surface area contributed by atoms with Crippen LogP contribution in [0, 0.1) is 11.8 Å². The topological polar surface area (TPSA) is 119 Å². The average molecular weight is 730 g/mol. The molecule has 0 radical (unpaired) electrons. The fourth-order valence-corrected chi connectivity index (χ4v) is 8.45. The normalized spacial score (nSPS) is 22.4. The summed E-state index contributed by atoms with van der Waals surface area (Å²) < 4.78 is 108. The van der Waals surface area contributed by atoms with Crippen molar-refractivity contribution >= 4 is 44.3 Å². The van der Waals surface area contributed by atoms with Crippen LogP contribution >= 0.6 is 11.6 Å². The Morgan fingerprint density at radius 2 is 1.47 bits per heavy atom. The van der Waals surface area contributed by atoms with Gasteiger partial charge in [0.25, 0.3) is 15.9 Å². The Morgan fingerprint density at radius 3 is 2.08 bits per heavy atom. The van der Waals surface area contributed by atoms with Gasteiger partial charge in [-0.2, -0.15) is 22.0 Å². The predicted molar refractivity (Wildman–Crippen MR) is 168 cm³/mol. The molecule has 2 bridgehead atoms. The maximum Gasteiger partial charge on any atom is 0.492 e. The first kappa shape index (κ1) is 35.3. The van der Waals surface area contributed by atoms with Crippen molar-refractivity contribution in [3.63, 3.8) is 0 Å². The van der Waals surface area contributed by atoms with Gasteiger partial charge >= 0.3 is 18.1 Å². The minimum atomic E-state index is -5.81. The molecule has 0 aromatic heterocycles. The number of rotatable bonds is 9. The van der Waals surface area contributed by atoms with E-state index in [1.54, 1.807) is 12.1 Å². The van der Waals surface area contributed by atoms with E-state index in [-0.39, 0.29) is 47.5 Å². The van der Waals surface area contributed by atoms with Crippen LogP contribution in [0.1, 0.15) is 44.1 Å². The quantitative estimate of drug-likeness (QED) is 0.206. The van der Waals surface area contributed by atoms with Gasteiger partial charge in [-0.15, -0.1) is 0 Å². The van der Waals surface area contributed by atoms with Gasteiger partial charge in [0.1, 0.15) is 5.75 Å². The number of fused-ring (bicyclic) bond motifs is 3. The van der Waals surface area contributed by atoms with Crippen molar-refractivity contribution in [1.29, 1.82) is 0 Å². The third-order valence-corrected chi connectivity index (χ3v) is 11.4. The number of alkyl halides is 5. The van der Waals surface area contributed by atoms with E-state index < -0.39 is 55.0 Å². The van der Waals surface area contributed by atoms with Crippen LogP contribution in [0.2, 0.25) is 5.02 Å². The molecule has 49 heavy (non-hydrogen) atoms. The highest BCUT2D eigenvalue weighted by Gasteiger charge is 2.59. The maximum absolute atomic E-state index is 16.6. The molecule has 3 fully saturated rings. The van der Waals surface area contributed by atoms with Gasteiger partial charge in [0.05, 0.1) is 11.0 Å². The number of hydroxylamine groups is 1. The summed E-state index contributed by atoms with van der Waals surface area (Å²) in [4.78, 5) is 30.9. The number of nitrogens with two attached hydrogens (primary N) is 1. The number of carbonyl (C=O) groups excluding carboxylic acids is 2. The lowest BCUT2D eigenvalue weighted by molar-refractivity contribution is -0.239. The van der Waals surface area contributed by atoms with Gasteiger partial charge < -0.3 is 20.2 Å². The largest absolute Gasteiger partial charge is 0.492 e. The number of hydrogen-bond donors (Lipinski definition) is 1. The highest BCUT2D eigenvalue weighted by molar-refractivity contribution is 7.89. The molecule has 1 aliphatic heterocycles. The van der Waals surface area contributed by atoms with Crippen LogP contribution in [0.5, 0.6) is 5.75 Å². The summed E-state index contributed by atoms with van der Waals surface area (Å²) in [5.41, 5.74) is 5.27. The predicted octanol–water partition coefficient (Wildman–Crippen LogP) is 6.18. The van der Waals surface area contributed by atoms with Gasteiger partial charge in [-0.1, -0.05) is 35.9 Å². The first-order chi connectivity index (χ1) is 23.1. The maximum atomic E-state index is 16.6. The van der Waals surface area contributed by atoms with E-state index in [0.29, 0.717) is 24.0 Å². The van der Waals surface area contributed by atoms with Crippen molar-refractivity contribution in [1.82, 2.24) is 9.37 Å². The molecular weight excluding hydrogens is 697 g/mol. The number of nitrogens with zero attached hydrogens (tertiary/aromatic N) is 2. The number of sulfonamides is 1. The first-order valence-electron chi connectivity index (χ1n) is 15.8. The van der Waals surface area contributed by atoms with Crippen LogP contribution in [-0.4, -0.2) is 67.1 Å². The summed E-state index contributed by atoms with van der Waals surface area (Å²) >= 11 is 5.87. The Balaban J connectivity index is 1.44. The summed E-state index contributed by atoms with van der Waals surface area (Å²) in [7, 11) is -5.60. The lowest BCUT2D eigenvalue weighted by Crippen LogP contribution is -2.61. The van der Waals surface area contributed by atoms with Crippen LogP contribution in [0.25, 0.3) is 10.8 Å². The Labute approximate surface area is 284 Å². The summed E-state index contributed by atoms with van der Waals surface area (Å²) in [5.74, 6) is -9.31. The molecule has 0 spiro atoms. The summed E-state index contributed by atoms with van der Waals surface area (Å²) in [6.45, 7) is -0.294. The van der Waals surface area contributed by atoms with E-state index in [4.69, 9.17) is 22.1 Å². The molecule has 1 heterocycles. The molecule has 2 saturated carbocycles. The highest BCUT2D eigenvalue weighted by atomic mass is 35.5. The number of carbonyl (C=O) groups is 2. The molecule has 4 atom stereocenters. The minimum Gasteiger partial charge on any atom is -0.490 e. The Bertz CT molecular complexity index is 1820. The summed E-state index contributed by atoms with van der Waals surface area (Å²) in [6.07, 6.45) is -0.817. The molecule has 9 nitrogen and oxygen atoms in total. The van der Waals surface area contributed by atoms with Crippen LogP contribution in [0.3, 0.4) is 0 Å². The van der Waals surface area contributed by atoms with Crippen LogP contribution < -0.4 is 10.5 Å². The number of benzene rings is 3. The smallest absolute Gasteiger partial charge is 0.490 e. The summed E-state index contributed by atoms with van der Waals surface area (Å²) in [6, 6.07) is 8.09. The number of piperidine rings is 1. The third-order valence-electron chi connectivity index (χ3n) is 9.56. The third kappa shape index (κ3) is 7.08. The number of ether oxygens (including phenoxy) is 1. The molecule has 3 aromatic carbocycles. The minimum absolute atomic E-state index is 0.0185. The van der Waals surface area contributed by atoms with E-state index in [2.05, 4.69) is 4.84 Å². The van der Waals surface area contributed by atoms with E-state index in [1.165, 1.54) is 12.1 Å². The number of amides is 1. The van der Waals surface area contributed by atoms with E-state index >= 15 is 8.78 Å². The van der Waals surface area contributed by atoms with E-state index in [1.807, 2.05) is 0 Å². The molecule has 2 N–H and O–H groups in total. The number of hydrogen-bond acceptors (Lipinski definition) is 7. The highest BCUT2D eigenvalue weighted by Crippen LogP contribution is 2.42. The van der Waals surface area contributed by atoms with Crippen LogP contribution in [-0.2, 0) is 30.4 Å². The molecule has 1 saturated heterocycles. The molecule has 16 heteroatoms. The van der Waals surface area contributed by atoms with Gasteiger partial charge in [0, 0.05) is 29.7 Å². The Kier molecular flexibility index (Phi) is 9.59. The molecular formula is C33H33ClF5N3O6S. The Morgan fingerprint density at radius 1 is 0.878 bits per heavy atom. The zero-order valence-corrected chi connectivity index (χ0v) is 27.5. The van der Waals surface area contributed by atoms with Crippen molar-refractivity contribution < 1.29 is 49.5 Å². The fourth-order valence-electron chi connectivity index (χ4n) is 6.94. The van der Waals surface area contributed by atoms with Gasteiger partial charge in [0.2, 0.25) is 6.04 Å². The monoisotopic (exact) mass is 729 g/mol. The number of likely N-dealkylation sites (tertiary alicyclic amines) is 1. The standard InChI is InChI=1S/C33H33ClF5N3O6S/c34-24-11-9-23(10-12-24)32(35,36)29(30(43)41-17-21-5-6-22(18-41)28(21)40)42(48-31(44)33(37,38)39)49(45,46)27-14-8-19-15-26(13-7-20(19)16-27)47-25-3-1-2-4-25/h7-16,21-22,25,28-29H,1-6,17-18,40H2/t21-,22+,28?,29-/m1/s1. The van der Waals surface area contributed by atoms with Gasteiger partial charge in [-0.05, 0) is 102 Å². The zero-order valence-electron chi connectivity index (χ0n) is 25.9. The SMILES string of the molecule is NC1[C@@H]2CC[C@H]1CN(C(=O)[C@@H](N(OC(=O)C(F)(F)F)S(=O)(=O)c1ccc3cc(OC4CCCC4)ccc3c1)C(F)(F)c1ccc(Cl)cc1)C2.